The van der Waals surface area contributed by atoms with Gasteiger partial charge in [0.05, 0.1) is 5.69 Å². The van der Waals surface area contributed by atoms with E-state index in [2.05, 4.69) is 21.5 Å². The lowest BCUT2D eigenvalue weighted by atomic mass is 10.1. The number of rotatable bonds is 5. The van der Waals surface area contributed by atoms with Gasteiger partial charge in [-0.05, 0) is 30.9 Å². The highest BCUT2D eigenvalue weighted by Gasteiger charge is 2.27. The number of aromatic nitrogens is 3. The second-order valence-corrected chi connectivity index (χ2v) is 6.78. The average molecular weight is 346 g/mol. The van der Waals surface area contributed by atoms with E-state index < -0.39 is 0 Å². The van der Waals surface area contributed by atoms with E-state index in [1.165, 1.54) is 11.5 Å². The molecule has 2 aromatic heterocycles. The highest BCUT2D eigenvalue weighted by molar-refractivity contribution is 7.08. The largest absolute Gasteiger partial charge is 0.474 e. The van der Waals surface area contributed by atoms with Gasteiger partial charge in [-0.3, -0.25) is 4.79 Å². The summed E-state index contributed by atoms with van der Waals surface area (Å²) in [4.78, 5) is 19.6. The van der Waals surface area contributed by atoms with Gasteiger partial charge in [-0.25, -0.2) is 4.98 Å². The molecule has 0 bridgehead atoms. The normalized spacial score (nSPS) is 15.5. The van der Waals surface area contributed by atoms with Gasteiger partial charge in [0.1, 0.15) is 11.0 Å². The Morgan fingerprint density at radius 3 is 2.88 bits per heavy atom. The minimum atomic E-state index is 0.0561. The summed E-state index contributed by atoms with van der Waals surface area (Å²) in [6, 6.07) is 5.78. The molecule has 0 radical (unpaired) electrons. The number of pyridine rings is 1. The summed E-state index contributed by atoms with van der Waals surface area (Å²) in [5.41, 5.74) is 1.77. The fraction of sp³-hybridized carbons (Fsp3) is 0.529. The van der Waals surface area contributed by atoms with Crippen LogP contribution in [0.3, 0.4) is 0 Å². The standard InChI is InChI=1S/C17H22N4O2S/c1-3-5-14-16(24-20-19-14)17(22)21-10-8-13(9-11-21)23-15-7-4-6-12(2)18-15/h4,6-7,13H,3,5,8-11H2,1-2H3. The van der Waals surface area contributed by atoms with Crippen LogP contribution in [-0.4, -0.2) is 44.6 Å². The van der Waals surface area contributed by atoms with Crippen LogP contribution >= 0.6 is 11.5 Å². The molecule has 24 heavy (non-hydrogen) atoms. The molecule has 1 aliphatic rings. The van der Waals surface area contributed by atoms with E-state index in [9.17, 15) is 4.79 Å². The van der Waals surface area contributed by atoms with E-state index >= 15 is 0 Å². The van der Waals surface area contributed by atoms with Crippen molar-refractivity contribution < 1.29 is 9.53 Å². The molecule has 0 atom stereocenters. The Labute approximate surface area is 146 Å². The van der Waals surface area contributed by atoms with Gasteiger partial charge >= 0.3 is 0 Å². The third kappa shape index (κ3) is 3.90. The van der Waals surface area contributed by atoms with Crippen LogP contribution in [0.1, 0.15) is 47.2 Å². The lowest BCUT2D eigenvalue weighted by Gasteiger charge is -2.31. The molecule has 1 fully saturated rings. The Morgan fingerprint density at radius 1 is 1.38 bits per heavy atom. The quantitative estimate of drug-likeness (QED) is 0.833. The molecule has 0 aliphatic carbocycles. The molecule has 0 saturated carbocycles. The van der Waals surface area contributed by atoms with Gasteiger partial charge in [0, 0.05) is 37.7 Å². The van der Waals surface area contributed by atoms with Crippen LogP contribution in [0.5, 0.6) is 5.88 Å². The second kappa shape index (κ2) is 7.70. The Morgan fingerprint density at radius 2 is 2.17 bits per heavy atom. The average Bonchev–Trinajstić information content (AvgIpc) is 3.04. The first-order valence-corrected chi connectivity index (χ1v) is 9.15. The van der Waals surface area contributed by atoms with Crippen LogP contribution in [0, 0.1) is 6.92 Å². The zero-order valence-corrected chi connectivity index (χ0v) is 14.9. The van der Waals surface area contributed by atoms with E-state index in [-0.39, 0.29) is 12.0 Å². The first-order chi connectivity index (χ1) is 11.7. The summed E-state index contributed by atoms with van der Waals surface area (Å²) in [5, 5.41) is 4.09. The number of piperidine rings is 1. The lowest BCUT2D eigenvalue weighted by molar-refractivity contribution is 0.0591. The number of amides is 1. The molecule has 3 heterocycles. The van der Waals surface area contributed by atoms with E-state index in [4.69, 9.17) is 4.74 Å². The van der Waals surface area contributed by atoms with Crippen LogP contribution in [-0.2, 0) is 6.42 Å². The zero-order chi connectivity index (χ0) is 16.9. The summed E-state index contributed by atoms with van der Waals surface area (Å²) in [6.07, 6.45) is 3.51. The van der Waals surface area contributed by atoms with Gasteiger partial charge < -0.3 is 9.64 Å². The predicted molar refractivity (Wildman–Crippen MR) is 92.4 cm³/mol. The molecule has 128 valence electrons. The molecule has 0 spiro atoms. The van der Waals surface area contributed by atoms with Crippen LogP contribution in [0.15, 0.2) is 18.2 Å². The van der Waals surface area contributed by atoms with Crippen molar-refractivity contribution >= 4 is 17.4 Å². The number of ether oxygens (including phenoxy) is 1. The monoisotopic (exact) mass is 346 g/mol. The molecule has 0 aromatic carbocycles. The van der Waals surface area contributed by atoms with Crippen molar-refractivity contribution in [3.8, 4) is 5.88 Å². The molecule has 2 aromatic rings. The summed E-state index contributed by atoms with van der Waals surface area (Å²) >= 11 is 1.20. The van der Waals surface area contributed by atoms with Crippen molar-refractivity contribution in [2.24, 2.45) is 0 Å². The number of nitrogens with zero attached hydrogens (tertiary/aromatic N) is 4. The Kier molecular flexibility index (Phi) is 5.40. The van der Waals surface area contributed by atoms with Crippen LogP contribution < -0.4 is 4.74 Å². The van der Waals surface area contributed by atoms with Crippen LogP contribution in [0.25, 0.3) is 0 Å². The van der Waals surface area contributed by atoms with Gasteiger partial charge in [0.25, 0.3) is 5.91 Å². The van der Waals surface area contributed by atoms with Crippen molar-refractivity contribution in [2.75, 3.05) is 13.1 Å². The summed E-state index contributed by atoms with van der Waals surface area (Å²) in [5.74, 6) is 0.720. The number of hydrogen-bond acceptors (Lipinski definition) is 6. The lowest BCUT2D eigenvalue weighted by Crippen LogP contribution is -2.41. The maximum atomic E-state index is 12.7. The molecule has 1 saturated heterocycles. The predicted octanol–water partition coefficient (Wildman–Crippen LogP) is 2.88. The molecular weight excluding hydrogens is 324 g/mol. The smallest absolute Gasteiger partial charge is 0.267 e. The molecule has 0 unspecified atom stereocenters. The number of aryl methyl sites for hydroxylation is 2. The van der Waals surface area contributed by atoms with Crippen molar-refractivity contribution in [3.63, 3.8) is 0 Å². The third-order valence-corrected chi connectivity index (χ3v) is 4.87. The zero-order valence-electron chi connectivity index (χ0n) is 14.1. The van der Waals surface area contributed by atoms with Crippen molar-refractivity contribution in [3.05, 3.63) is 34.5 Å². The fourth-order valence-corrected chi connectivity index (χ4v) is 3.52. The molecule has 1 aliphatic heterocycles. The number of hydrogen-bond donors (Lipinski definition) is 0. The van der Waals surface area contributed by atoms with Gasteiger partial charge in [0.2, 0.25) is 5.88 Å². The number of likely N-dealkylation sites (tertiary alicyclic amines) is 1. The molecule has 6 nitrogen and oxygen atoms in total. The number of carbonyl (C=O) groups is 1. The van der Waals surface area contributed by atoms with Crippen LogP contribution in [0.4, 0.5) is 0 Å². The molecule has 3 rings (SSSR count). The number of carbonyl (C=O) groups excluding carboxylic acids is 1. The fourth-order valence-electron chi connectivity index (χ4n) is 2.85. The van der Waals surface area contributed by atoms with E-state index in [0.29, 0.717) is 23.8 Å². The van der Waals surface area contributed by atoms with Gasteiger partial charge in [0.15, 0.2) is 0 Å². The van der Waals surface area contributed by atoms with Crippen molar-refractivity contribution in [1.29, 1.82) is 0 Å². The van der Waals surface area contributed by atoms with Gasteiger partial charge in [-0.15, -0.1) is 5.10 Å². The Hall–Kier alpha value is -2.02. The Balaban J connectivity index is 1.56. The Bertz CT molecular complexity index is 695. The molecule has 1 amide bonds. The maximum absolute atomic E-state index is 12.7. The first kappa shape index (κ1) is 16.8. The first-order valence-electron chi connectivity index (χ1n) is 8.38. The minimum absolute atomic E-state index is 0.0561. The van der Waals surface area contributed by atoms with E-state index in [1.54, 1.807) is 0 Å². The van der Waals surface area contributed by atoms with E-state index in [1.807, 2.05) is 30.0 Å². The maximum Gasteiger partial charge on any atom is 0.267 e. The van der Waals surface area contributed by atoms with Crippen LogP contribution in [0.2, 0.25) is 0 Å². The topological polar surface area (TPSA) is 68.2 Å². The molecule has 0 N–H and O–H groups in total. The summed E-state index contributed by atoms with van der Waals surface area (Å²) in [7, 11) is 0. The SMILES string of the molecule is CCCc1nnsc1C(=O)N1CCC(Oc2cccc(C)n2)CC1. The summed E-state index contributed by atoms with van der Waals surface area (Å²) in [6.45, 7) is 5.42. The van der Waals surface area contributed by atoms with Crippen molar-refractivity contribution in [1.82, 2.24) is 19.5 Å². The minimum Gasteiger partial charge on any atom is -0.474 e. The van der Waals surface area contributed by atoms with Gasteiger partial charge in [-0.1, -0.05) is 23.9 Å². The highest BCUT2D eigenvalue weighted by Crippen LogP contribution is 2.21. The molecular formula is C17H22N4O2S. The van der Waals surface area contributed by atoms with Crippen molar-refractivity contribution in [2.45, 2.75) is 45.6 Å². The third-order valence-electron chi connectivity index (χ3n) is 4.12. The van der Waals surface area contributed by atoms with E-state index in [0.717, 1.165) is 37.1 Å². The second-order valence-electron chi connectivity index (χ2n) is 6.03. The van der Waals surface area contributed by atoms with Gasteiger partial charge in [-0.2, -0.15) is 0 Å². The highest BCUT2D eigenvalue weighted by atomic mass is 32.1. The summed E-state index contributed by atoms with van der Waals surface area (Å²) < 4.78 is 9.89. The molecule has 7 heteroatoms.